The third-order valence-corrected chi connectivity index (χ3v) is 8.81. The Morgan fingerprint density at radius 2 is 1.72 bits per heavy atom. The Morgan fingerprint density at radius 1 is 1.03 bits per heavy atom. The second-order valence-electron chi connectivity index (χ2n) is 6.51. The van der Waals surface area contributed by atoms with Crippen LogP contribution < -0.4 is 0 Å². The van der Waals surface area contributed by atoms with Gasteiger partial charge >= 0.3 is 0 Å². The fourth-order valence-electron chi connectivity index (χ4n) is 3.24. The highest BCUT2D eigenvalue weighted by atomic mass is 35.5. The van der Waals surface area contributed by atoms with Crippen LogP contribution in [0.15, 0.2) is 47.4 Å². The molecule has 1 aliphatic rings. The molecule has 1 amide bonds. The van der Waals surface area contributed by atoms with Crippen LogP contribution in [0.3, 0.4) is 0 Å². The smallest absolute Gasteiger partial charge is 0.265 e. The third kappa shape index (κ3) is 3.75. The molecule has 1 aliphatic heterocycles. The number of piperazine rings is 1. The molecule has 0 saturated carbocycles. The first-order chi connectivity index (χ1) is 13.8. The number of nitrogens with zero attached hydrogens (tertiary/aromatic N) is 2. The first-order valence-electron chi connectivity index (χ1n) is 8.70. The summed E-state index contributed by atoms with van der Waals surface area (Å²) in [7, 11) is -3.74. The molecule has 2 heterocycles. The highest BCUT2D eigenvalue weighted by Crippen LogP contribution is 2.36. The van der Waals surface area contributed by atoms with E-state index >= 15 is 0 Å². The van der Waals surface area contributed by atoms with Gasteiger partial charge < -0.3 is 4.90 Å². The van der Waals surface area contributed by atoms with Crippen LogP contribution in [-0.4, -0.2) is 49.7 Å². The van der Waals surface area contributed by atoms with Crippen molar-refractivity contribution in [2.45, 2.75) is 4.90 Å². The Kier molecular flexibility index (Phi) is 5.56. The van der Waals surface area contributed by atoms with E-state index in [1.54, 1.807) is 23.1 Å². The van der Waals surface area contributed by atoms with Gasteiger partial charge in [0.2, 0.25) is 10.0 Å². The number of carbonyl (C=O) groups is 1. The summed E-state index contributed by atoms with van der Waals surface area (Å²) in [4.78, 5) is 14.9. The average Bonchev–Trinajstić information content (AvgIpc) is 3.03. The zero-order valence-corrected chi connectivity index (χ0v) is 18.1. The quantitative estimate of drug-likeness (QED) is 0.563. The van der Waals surface area contributed by atoms with Crippen LogP contribution in [0.2, 0.25) is 10.0 Å². The predicted octanol–water partition coefficient (Wildman–Crippen LogP) is 4.49. The lowest BCUT2D eigenvalue weighted by Crippen LogP contribution is -2.50. The van der Waals surface area contributed by atoms with Gasteiger partial charge in [0, 0.05) is 36.3 Å². The first-order valence-corrected chi connectivity index (χ1v) is 11.7. The number of sulfonamides is 1. The molecule has 152 valence electrons. The minimum atomic E-state index is -3.74. The maximum Gasteiger partial charge on any atom is 0.265 e. The molecule has 0 radical (unpaired) electrons. The number of thiophene rings is 1. The highest BCUT2D eigenvalue weighted by molar-refractivity contribution is 7.89. The highest BCUT2D eigenvalue weighted by Gasteiger charge is 2.32. The molecular weight excluding hydrogens is 458 g/mol. The average molecular weight is 473 g/mol. The monoisotopic (exact) mass is 472 g/mol. The van der Waals surface area contributed by atoms with Crippen LogP contribution in [0, 0.1) is 5.82 Å². The molecule has 0 unspecified atom stereocenters. The van der Waals surface area contributed by atoms with Crippen molar-refractivity contribution < 1.29 is 17.6 Å². The van der Waals surface area contributed by atoms with E-state index < -0.39 is 15.8 Å². The minimum absolute atomic E-state index is 0.0519. The zero-order chi connectivity index (χ0) is 20.8. The van der Waals surface area contributed by atoms with Gasteiger partial charge in [0.1, 0.15) is 15.6 Å². The molecule has 1 saturated heterocycles. The van der Waals surface area contributed by atoms with Crippen LogP contribution in [0.5, 0.6) is 0 Å². The van der Waals surface area contributed by atoms with E-state index in [0.717, 1.165) is 11.3 Å². The molecule has 3 aromatic rings. The van der Waals surface area contributed by atoms with E-state index in [9.17, 15) is 17.6 Å². The number of fused-ring (bicyclic) bond motifs is 1. The molecule has 0 atom stereocenters. The van der Waals surface area contributed by atoms with Crippen molar-refractivity contribution >= 4 is 60.6 Å². The SMILES string of the molecule is O=C(c1sc2cc(F)ccc2c1Cl)N1CCN(S(=O)(=O)c2ccccc2Cl)CC1. The lowest BCUT2D eigenvalue weighted by atomic mass is 10.2. The van der Waals surface area contributed by atoms with Crippen LogP contribution in [0.4, 0.5) is 4.39 Å². The molecule has 4 rings (SSSR count). The molecule has 0 N–H and O–H groups in total. The van der Waals surface area contributed by atoms with Crippen molar-refractivity contribution in [3.8, 4) is 0 Å². The molecule has 29 heavy (non-hydrogen) atoms. The summed E-state index contributed by atoms with van der Waals surface area (Å²) in [5, 5.41) is 1.08. The van der Waals surface area contributed by atoms with Gasteiger partial charge in [-0.05, 0) is 30.3 Å². The minimum Gasteiger partial charge on any atom is -0.335 e. The van der Waals surface area contributed by atoms with Crippen LogP contribution >= 0.6 is 34.5 Å². The summed E-state index contributed by atoms with van der Waals surface area (Å²) in [5.74, 6) is -0.681. The summed E-state index contributed by atoms with van der Waals surface area (Å²) in [6.07, 6.45) is 0. The van der Waals surface area contributed by atoms with Crippen molar-refractivity contribution in [1.29, 1.82) is 0 Å². The standard InChI is InChI=1S/C19H15Cl2FN2O3S2/c20-14-3-1-2-4-16(14)29(26,27)24-9-7-23(8-10-24)19(25)18-17(21)13-6-5-12(22)11-15(13)28-18/h1-6,11H,7-10H2. The Bertz CT molecular complexity index is 1210. The van der Waals surface area contributed by atoms with Crippen molar-refractivity contribution in [3.05, 3.63) is 63.2 Å². The van der Waals surface area contributed by atoms with Gasteiger partial charge in [-0.2, -0.15) is 4.31 Å². The van der Waals surface area contributed by atoms with Gasteiger partial charge in [0.05, 0.1) is 10.0 Å². The van der Waals surface area contributed by atoms with Gasteiger partial charge in [-0.3, -0.25) is 4.79 Å². The van der Waals surface area contributed by atoms with E-state index in [2.05, 4.69) is 0 Å². The third-order valence-electron chi connectivity index (χ3n) is 4.77. The number of hydrogen-bond donors (Lipinski definition) is 0. The second kappa shape index (κ2) is 7.85. The Labute approximate surface area is 181 Å². The van der Waals surface area contributed by atoms with E-state index in [0.29, 0.717) is 20.0 Å². The van der Waals surface area contributed by atoms with Gasteiger partial charge in [-0.1, -0.05) is 35.3 Å². The summed E-state index contributed by atoms with van der Waals surface area (Å²) in [6, 6.07) is 10.5. The van der Waals surface area contributed by atoms with E-state index in [-0.39, 0.29) is 42.0 Å². The molecule has 1 aromatic heterocycles. The number of hydrogen-bond acceptors (Lipinski definition) is 4. The van der Waals surface area contributed by atoms with Crippen molar-refractivity contribution in [1.82, 2.24) is 9.21 Å². The van der Waals surface area contributed by atoms with Crippen molar-refractivity contribution in [2.75, 3.05) is 26.2 Å². The lowest BCUT2D eigenvalue weighted by molar-refractivity contribution is 0.0703. The number of halogens is 3. The summed E-state index contributed by atoms with van der Waals surface area (Å²) in [5.41, 5.74) is 0. The van der Waals surface area contributed by atoms with Gasteiger partial charge in [-0.25, -0.2) is 12.8 Å². The van der Waals surface area contributed by atoms with Gasteiger partial charge in [0.25, 0.3) is 5.91 Å². The fourth-order valence-corrected chi connectivity index (χ4v) is 6.66. The van der Waals surface area contributed by atoms with E-state index in [1.165, 1.54) is 28.6 Å². The van der Waals surface area contributed by atoms with Crippen LogP contribution in [-0.2, 0) is 10.0 Å². The summed E-state index contributed by atoms with van der Waals surface area (Å²) >= 11 is 13.5. The molecule has 0 spiro atoms. The molecule has 0 bridgehead atoms. The number of rotatable bonds is 3. The van der Waals surface area contributed by atoms with Crippen LogP contribution in [0.1, 0.15) is 9.67 Å². The molecule has 1 fully saturated rings. The van der Waals surface area contributed by atoms with Gasteiger partial charge in [0.15, 0.2) is 0 Å². The largest absolute Gasteiger partial charge is 0.335 e. The summed E-state index contributed by atoms with van der Waals surface area (Å²) < 4.78 is 41.1. The number of amides is 1. The van der Waals surface area contributed by atoms with E-state index in [1.807, 2.05) is 0 Å². The van der Waals surface area contributed by atoms with Crippen LogP contribution in [0.25, 0.3) is 10.1 Å². The van der Waals surface area contributed by atoms with Gasteiger partial charge in [-0.15, -0.1) is 11.3 Å². The predicted molar refractivity (Wildman–Crippen MR) is 113 cm³/mol. The lowest BCUT2D eigenvalue weighted by Gasteiger charge is -2.34. The Morgan fingerprint density at radius 3 is 2.41 bits per heavy atom. The fraction of sp³-hybridized carbons (Fsp3) is 0.211. The number of benzene rings is 2. The molecule has 10 heteroatoms. The topological polar surface area (TPSA) is 57.7 Å². The Hall–Kier alpha value is -1.71. The van der Waals surface area contributed by atoms with Crippen molar-refractivity contribution in [3.63, 3.8) is 0 Å². The maximum atomic E-state index is 13.5. The maximum absolute atomic E-state index is 13.5. The molecule has 2 aromatic carbocycles. The normalized spacial score (nSPS) is 15.8. The van der Waals surface area contributed by atoms with E-state index in [4.69, 9.17) is 23.2 Å². The molecule has 5 nitrogen and oxygen atoms in total. The van der Waals surface area contributed by atoms with Crippen molar-refractivity contribution in [2.24, 2.45) is 0 Å². The number of carbonyl (C=O) groups excluding carboxylic acids is 1. The first kappa shape index (κ1) is 20.6. The summed E-state index contributed by atoms with van der Waals surface area (Å²) in [6.45, 7) is 0.746. The molecule has 0 aliphatic carbocycles. The second-order valence-corrected chi connectivity index (χ2v) is 10.3. The Balaban J connectivity index is 1.52. The zero-order valence-electron chi connectivity index (χ0n) is 14.9. The molecular formula is C19H15Cl2FN2O3S2.